The van der Waals surface area contributed by atoms with Crippen molar-refractivity contribution in [3.63, 3.8) is 0 Å². The van der Waals surface area contributed by atoms with E-state index in [4.69, 9.17) is 5.11 Å². The molecule has 1 aromatic carbocycles. The maximum atomic E-state index is 12.8. The van der Waals surface area contributed by atoms with E-state index >= 15 is 0 Å². The first-order chi connectivity index (χ1) is 12.1. The second kappa shape index (κ2) is 7.93. The molecule has 1 heterocycles. The third kappa shape index (κ3) is 4.02. The molecule has 8 nitrogen and oxygen atoms in total. The van der Waals surface area contributed by atoms with Crippen LogP contribution in [0, 0.1) is 0 Å². The number of sulfonamides is 1. The summed E-state index contributed by atoms with van der Waals surface area (Å²) >= 11 is 0. The third-order valence-electron chi connectivity index (χ3n) is 4.58. The van der Waals surface area contributed by atoms with Crippen molar-refractivity contribution in [1.82, 2.24) is 9.21 Å². The average molecular weight is 405 g/mol. The Bertz CT molecular complexity index is 845. The Morgan fingerprint density at radius 1 is 1.12 bits per heavy atom. The lowest BCUT2D eigenvalue weighted by molar-refractivity contribution is 0.136. The van der Waals surface area contributed by atoms with Crippen LogP contribution in [0.5, 0.6) is 0 Å². The zero-order chi connectivity index (χ0) is 19.5. The highest BCUT2D eigenvalue weighted by Gasteiger charge is 2.34. The summed E-state index contributed by atoms with van der Waals surface area (Å²) < 4.78 is 51.8. The summed E-state index contributed by atoms with van der Waals surface area (Å²) in [6, 6.07) is 5.15. The molecule has 2 rings (SSSR count). The molecule has 0 aliphatic carbocycles. The number of piperidine rings is 1. The van der Waals surface area contributed by atoms with Crippen LogP contribution in [0.2, 0.25) is 0 Å². The first-order valence-corrected chi connectivity index (χ1v) is 11.4. The smallest absolute Gasteiger partial charge is 0.407 e. The summed E-state index contributed by atoms with van der Waals surface area (Å²) in [6.45, 7) is 4.37. The molecule has 26 heavy (non-hydrogen) atoms. The lowest BCUT2D eigenvalue weighted by Crippen LogP contribution is -2.44. The summed E-state index contributed by atoms with van der Waals surface area (Å²) in [4.78, 5) is 12.2. The Balaban J connectivity index is 2.28. The van der Waals surface area contributed by atoms with Crippen LogP contribution in [0.1, 0.15) is 26.7 Å². The van der Waals surface area contributed by atoms with Gasteiger partial charge in [-0.1, -0.05) is 13.8 Å². The molecule has 146 valence electrons. The fraction of sp³-hybridized carbons (Fsp3) is 0.562. The van der Waals surface area contributed by atoms with Crippen molar-refractivity contribution in [2.45, 2.75) is 41.7 Å². The van der Waals surface area contributed by atoms with E-state index in [1.807, 2.05) is 0 Å². The summed E-state index contributed by atoms with van der Waals surface area (Å²) in [5, 5.41) is 8.26. The summed E-state index contributed by atoms with van der Waals surface area (Å²) in [6.07, 6.45) is -0.276. The van der Waals surface area contributed by atoms with Crippen molar-refractivity contribution in [2.24, 2.45) is 0 Å². The summed E-state index contributed by atoms with van der Waals surface area (Å²) in [7, 11) is -7.39. The van der Waals surface area contributed by atoms with Crippen LogP contribution in [0.4, 0.5) is 4.79 Å². The molecule has 0 saturated carbocycles. The first kappa shape index (κ1) is 20.7. The van der Waals surface area contributed by atoms with E-state index in [1.54, 1.807) is 13.8 Å². The van der Waals surface area contributed by atoms with Gasteiger partial charge < -0.3 is 10.0 Å². The van der Waals surface area contributed by atoms with Gasteiger partial charge in [0.15, 0.2) is 9.84 Å². The standard InChI is InChI=1S/C16H24N2O6S2/c1-3-18(4-2)26(23,24)14-9-7-13(8-10-14)25(21,22)15-6-5-11-17(12-15)16(19)20/h7-10,15H,3-6,11-12H2,1-2H3,(H,19,20)/t15-/m0/s1. The second-order valence-electron chi connectivity index (χ2n) is 6.10. The topological polar surface area (TPSA) is 112 Å². The summed E-state index contributed by atoms with van der Waals surface area (Å²) in [5.41, 5.74) is 0. The second-order valence-corrected chi connectivity index (χ2v) is 10.3. The number of hydrogen-bond acceptors (Lipinski definition) is 5. The van der Waals surface area contributed by atoms with Crippen LogP contribution in [-0.2, 0) is 19.9 Å². The van der Waals surface area contributed by atoms with Gasteiger partial charge in [-0.2, -0.15) is 4.31 Å². The zero-order valence-electron chi connectivity index (χ0n) is 14.8. The Morgan fingerprint density at radius 2 is 1.65 bits per heavy atom. The fourth-order valence-electron chi connectivity index (χ4n) is 3.07. The molecular weight excluding hydrogens is 380 g/mol. The number of carboxylic acid groups (broad SMARTS) is 1. The normalized spacial score (nSPS) is 18.9. The van der Waals surface area contributed by atoms with Crippen molar-refractivity contribution in [3.8, 4) is 0 Å². The molecule has 0 spiro atoms. The predicted octanol–water partition coefficient (Wildman–Crippen LogP) is 1.63. The number of sulfone groups is 1. The van der Waals surface area contributed by atoms with Gasteiger partial charge in [-0.15, -0.1) is 0 Å². The van der Waals surface area contributed by atoms with E-state index in [2.05, 4.69) is 0 Å². The van der Waals surface area contributed by atoms with E-state index in [1.165, 1.54) is 28.6 Å². The van der Waals surface area contributed by atoms with Crippen molar-refractivity contribution in [3.05, 3.63) is 24.3 Å². The van der Waals surface area contributed by atoms with Gasteiger partial charge >= 0.3 is 6.09 Å². The van der Waals surface area contributed by atoms with Gasteiger partial charge in [-0.05, 0) is 37.1 Å². The fourth-order valence-corrected chi connectivity index (χ4v) is 6.28. The molecule has 1 atom stereocenters. The van der Waals surface area contributed by atoms with E-state index in [-0.39, 0.29) is 16.3 Å². The largest absolute Gasteiger partial charge is 0.465 e. The number of carbonyl (C=O) groups is 1. The summed E-state index contributed by atoms with van der Waals surface area (Å²) in [5.74, 6) is 0. The van der Waals surface area contributed by atoms with Crippen LogP contribution in [0.3, 0.4) is 0 Å². The lowest BCUT2D eigenvalue weighted by Gasteiger charge is -2.30. The minimum atomic E-state index is -3.74. The van der Waals surface area contributed by atoms with E-state index in [0.29, 0.717) is 32.5 Å². The third-order valence-corrected chi connectivity index (χ3v) is 8.84. The van der Waals surface area contributed by atoms with Crippen LogP contribution >= 0.6 is 0 Å². The Labute approximate surface area is 154 Å². The van der Waals surface area contributed by atoms with Crippen LogP contribution in [-0.4, -0.2) is 68.7 Å². The molecular formula is C16H24N2O6S2. The van der Waals surface area contributed by atoms with Crippen molar-refractivity contribution < 1.29 is 26.7 Å². The molecule has 10 heteroatoms. The monoisotopic (exact) mass is 404 g/mol. The number of rotatable bonds is 6. The van der Waals surface area contributed by atoms with Gasteiger partial charge in [-0.3, -0.25) is 0 Å². The molecule has 0 unspecified atom stereocenters. The predicted molar refractivity (Wildman–Crippen MR) is 96.4 cm³/mol. The van der Waals surface area contributed by atoms with Crippen LogP contribution < -0.4 is 0 Å². The van der Waals surface area contributed by atoms with Gasteiger partial charge in [0.05, 0.1) is 15.0 Å². The van der Waals surface area contributed by atoms with Crippen molar-refractivity contribution >= 4 is 26.0 Å². The number of hydrogen-bond donors (Lipinski definition) is 1. The Morgan fingerprint density at radius 3 is 2.15 bits per heavy atom. The molecule has 1 aliphatic heterocycles. The highest BCUT2D eigenvalue weighted by atomic mass is 32.2. The SMILES string of the molecule is CCN(CC)S(=O)(=O)c1ccc(S(=O)(=O)[C@H]2CCCN(C(=O)O)C2)cc1. The van der Waals surface area contributed by atoms with E-state index in [9.17, 15) is 21.6 Å². The van der Waals surface area contributed by atoms with E-state index < -0.39 is 31.2 Å². The number of amides is 1. The average Bonchev–Trinajstić information content (AvgIpc) is 2.62. The van der Waals surface area contributed by atoms with Crippen LogP contribution in [0.15, 0.2) is 34.1 Å². The van der Waals surface area contributed by atoms with Gasteiger partial charge in [0.1, 0.15) is 0 Å². The first-order valence-electron chi connectivity index (χ1n) is 8.46. The van der Waals surface area contributed by atoms with Gasteiger partial charge in [-0.25, -0.2) is 21.6 Å². The molecule has 0 bridgehead atoms. The van der Waals surface area contributed by atoms with Gasteiger partial charge in [0.25, 0.3) is 0 Å². The quantitative estimate of drug-likeness (QED) is 0.771. The molecule has 1 N–H and O–H groups in total. The number of nitrogens with zero attached hydrogens (tertiary/aromatic N) is 2. The maximum absolute atomic E-state index is 12.8. The van der Waals surface area contributed by atoms with Crippen LogP contribution in [0.25, 0.3) is 0 Å². The highest BCUT2D eigenvalue weighted by Crippen LogP contribution is 2.25. The van der Waals surface area contributed by atoms with E-state index in [0.717, 1.165) is 4.90 Å². The Hall–Kier alpha value is -1.65. The molecule has 1 aromatic rings. The molecule has 0 radical (unpaired) electrons. The van der Waals surface area contributed by atoms with Crippen molar-refractivity contribution in [1.29, 1.82) is 0 Å². The molecule has 0 aromatic heterocycles. The van der Waals surface area contributed by atoms with Gasteiger partial charge in [0, 0.05) is 26.2 Å². The zero-order valence-corrected chi connectivity index (χ0v) is 16.5. The molecule has 1 aliphatic rings. The highest BCUT2D eigenvalue weighted by molar-refractivity contribution is 7.92. The Kier molecular flexibility index (Phi) is 6.30. The van der Waals surface area contributed by atoms with Crippen molar-refractivity contribution in [2.75, 3.05) is 26.2 Å². The molecule has 1 fully saturated rings. The minimum Gasteiger partial charge on any atom is -0.465 e. The number of likely N-dealkylation sites (tertiary alicyclic amines) is 1. The molecule has 1 saturated heterocycles. The van der Waals surface area contributed by atoms with Gasteiger partial charge in [0.2, 0.25) is 10.0 Å². The maximum Gasteiger partial charge on any atom is 0.407 e. The minimum absolute atomic E-state index is 0.00763. The lowest BCUT2D eigenvalue weighted by atomic mass is 10.1. The number of benzene rings is 1. The molecule has 1 amide bonds.